The van der Waals surface area contributed by atoms with Crippen LogP contribution in [-0.2, 0) is 11.3 Å². The van der Waals surface area contributed by atoms with Crippen molar-refractivity contribution in [1.29, 1.82) is 0 Å². The van der Waals surface area contributed by atoms with Crippen molar-refractivity contribution in [2.75, 3.05) is 24.5 Å². The van der Waals surface area contributed by atoms with E-state index in [0.717, 1.165) is 25.9 Å². The number of benzene rings is 2. The molecule has 7 heteroatoms. The molecule has 3 saturated heterocycles. The molecule has 3 aliphatic rings. The quantitative estimate of drug-likeness (QED) is 0.727. The summed E-state index contributed by atoms with van der Waals surface area (Å²) >= 11 is 5.74. The number of carbonyl (C=O) groups is 1. The highest BCUT2D eigenvalue weighted by Crippen LogP contribution is 2.31. The second-order valence-electron chi connectivity index (χ2n) is 7.35. The van der Waals surface area contributed by atoms with Crippen molar-refractivity contribution in [2.45, 2.75) is 25.5 Å². The molecule has 1 unspecified atom stereocenters. The molecule has 0 aliphatic carbocycles. The monoisotopic (exact) mass is 406 g/mol. The maximum Gasteiger partial charge on any atom is 0.415 e. The fourth-order valence-corrected chi connectivity index (χ4v) is 4.09. The van der Waals surface area contributed by atoms with Crippen LogP contribution in [0.5, 0.6) is 0 Å². The zero-order chi connectivity index (χ0) is 19.7. The summed E-state index contributed by atoms with van der Waals surface area (Å²) in [5.74, 6) is -0.786. The number of fused-ring (bicyclic) bond motifs is 3. The minimum atomic E-state index is -0.626. The van der Waals surface area contributed by atoms with Gasteiger partial charge in [-0.1, -0.05) is 29.8 Å². The van der Waals surface area contributed by atoms with Gasteiger partial charge in [-0.15, -0.1) is 0 Å². The second kappa shape index (κ2) is 8.05. The van der Waals surface area contributed by atoms with Gasteiger partial charge in [0, 0.05) is 6.54 Å². The maximum absolute atomic E-state index is 14.4. The lowest BCUT2D eigenvalue weighted by molar-refractivity contribution is -0.0311. The zero-order valence-electron chi connectivity index (χ0n) is 15.3. The van der Waals surface area contributed by atoms with Crippen molar-refractivity contribution in [3.8, 4) is 0 Å². The Balaban J connectivity index is 1.58. The predicted molar refractivity (Wildman–Crippen MR) is 103 cm³/mol. The second-order valence-corrected chi connectivity index (χ2v) is 7.75. The van der Waals surface area contributed by atoms with Crippen LogP contribution in [-0.4, -0.2) is 36.7 Å². The molecule has 3 aliphatic heterocycles. The number of halogens is 3. The Morgan fingerprint density at radius 3 is 2.54 bits per heavy atom. The molecule has 3 fully saturated rings. The van der Waals surface area contributed by atoms with E-state index in [2.05, 4.69) is 4.90 Å². The van der Waals surface area contributed by atoms with Crippen LogP contribution in [0, 0.1) is 17.6 Å². The summed E-state index contributed by atoms with van der Waals surface area (Å²) in [5, 5.41) is -0.00366. The molecule has 0 N–H and O–H groups in total. The highest BCUT2D eigenvalue weighted by molar-refractivity contribution is 6.30. The Labute approximate surface area is 167 Å². The first-order valence-corrected chi connectivity index (χ1v) is 9.78. The molecule has 0 aromatic heterocycles. The third kappa shape index (κ3) is 3.98. The molecule has 148 valence electrons. The summed E-state index contributed by atoms with van der Waals surface area (Å²) < 4.78 is 34.0. The Kier molecular flexibility index (Phi) is 5.51. The topological polar surface area (TPSA) is 32.8 Å². The number of nitrogens with zero attached hydrogens (tertiary/aromatic N) is 2. The lowest BCUT2D eigenvalue weighted by atomic mass is 9.86. The zero-order valence-corrected chi connectivity index (χ0v) is 16.0. The highest BCUT2D eigenvalue weighted by Gasteiger charge is 2.37. The van der Waals surface area contributed by atoms with Gasteiger partial charge < -0.3 is 4.74 Å². The third-order valence-electron chi connectivity index (χ3n) is 5.54. The number of hydrogen-bond donors (Lipinski definition) is 0. The van der Waals surface area contributed by atoms with Gasteiger partial charge in [-0.2, -0.15) is 0 Å². The third-order valence-corrected chi connectivity index (χ3v) is 5.84. The van der Waals surface area contributed by atoms with Crippen LogP contribution in [0.1, 0.15) is 18.4 Å². The number of anilines is 1. The first-order chi connectivity index (χ1) is 13.5. The molecule has 4 nitrogen and oxygen atoms in total. The summed E-state index contributed by atoms with van der Waals surface area (Å²) in [6, 6.07) is 10.3. The average Bonchev–Trinajstić information content (AvgIpc) is 2.70. The summed E-state index contributed by atoms with van der Waals surface area (Å²) in [5.41, 5.74) is 0.597. The van der Waals surface area contributed by atoms with Crippen LogP contribution in [0.15, 0.2) is 42.5 Å². The van der Waals surface area contributed by atoms with Crippen molar-refractivity contribution in [3.05, 3.63) is 64.7 Å². The van der Waals surface area contributed by atoms with E-state index in [1.807, 2.05) is 0 Å². The van der Waals surface area contributed by atoms with E-state index in [1.54, 1.807) is 18.2 Å². The lowest BCUT2D eigenvalue weighted by Crippen LogP contribution is -2.53. The van der Waals surface area contributed by atoms with E-state index in [9.17, 15) is 13.6 Å². The smallest absolute Gasteiger partial charge is 0.415 e. The summed E-state index contributed by atoms with van der Waals surface area (Å²) in [6.45, 7) is 2.74. The molecule has 1 amide bonds. The fourth-order valence-electron chi connectivity index (χ4n) is 3.98. The Morgan fingerprint density at radius 2 is 1.89 bits per heavy atom. The molecule has 0 radical (unpaired) electrons. The lowest BCUT2D eigenvalue weighted by Gasteiger charge is -2.44. The summed E-state index contributed by atoms with van der Waals surface area (Å²) in [7, 11) is 0. The van der Waals surface area contributed by atoms with Crippen LogP contribution < -0.4 is 4.90 Å². The number of para-hydroxylation sites is 1. The van der Waals surface area contributed by atoms with Gasteiger partial charge >= 0.3 is 6.09 Å². The summed E-state index contributed by atoms with van der Waals surface area (Å²) in [6.07, 6.45) is 1.17. The van der Waals surface area contributed by atoms with Crippen LogP contribution in [0.3, 0.4) is 0 Å². The molecule has 2 aromatic rings. The number of carbonyl (C=O) groups excluding carboxylic acids is 1. The van der Waals surface area contributed by atoms with Crippen molar-refractivity contribution in [1.82, 2.24) is 4.90 Å². The Morgan fingerprint density at radius 1 is 1.14 bits per heavy atom. The Bertz CT molecular complexity index is 871. The van der Waals surface area contributed by atoms with E-state index >= 15 is 0 Å². The minimum Gasteiger partial charge on any atom is -0.444 e. The number of piperidine rings is 3. The molecular formula is C21H21ClF2N2O2. The van der Waals surface area contributed by atoms with E-state index in [4.69, 9.17) is 16.3 Å². The normalized spacial score (nSPS) is 23.5. The number of ether oxygens (including phenoxy) is 1. The van der Waals surface area contributed by atoms with Gasteiger partial charge in [-0.25, -0.2) is 13.6 Å². The van der Waals surface area contributed by atoms with Gasteiger partial charge in [0.1, 0.15) is 17.7 Å². The van der Waals surface area contributed by atoms with E-state index < -0.39 is 17.7 Å². The summed E-state index contributed by atoms with van der Waals surface area (Å²) in [4.78, 5) is 16.5. The van der Waals surface area contributed by atoms with Crippen LogP contribution in [0.25, 0.3) is 0 Å². The van der Waals surface area contributed by atoms with Gasteiger partial charge in [-0.05, 0) is 61.7 Å². The average molecular weight is 407 g/mol. The molecule has 0 saturated carbocycles. The molecule has 28 heavy (non-hydrogen) atoms. The van der Waals surface area contributed by atoms with Crippen molar-refractivity contribution in [3.63, 3.8) is 0 Å². The standard InChI is InChI=1S/C21H21ClF2N2O2/c22-16-6-5-14(11-18(16)24)12-26(19-4-2-1-3-17(19)23)21(27)28-20-13-25-9-7-15(20)8-10-25/h1-6,11,15,20H,7-10,12-13H2. The highest BCUT2D eigenvalue weighted by atomic mass is 35.5. The van der Waals surface area contributed by atoms with Gasteiger partial charge in [0.15, 0.2) is 0 Å². The largest absolute Gasteiger partial charge is 0.444 e. The first kappa shape index (κ1) is 19.2. The van der Waals surface area contributed by atoms with Crippen molar-refractivity contribution in [2.24, 2.45) is 5.92 Å². The van der Waals surface area contributed by atoms with E-state index in [-0.39, 0.29) is 23.4 Å². The predicted octanol–water partition coefficient (Wildman–Crippen LogP) is 4.86. The van der Waals surface area contributed by atoms with Crippen LogP contribution >= 0.6 is 11.6 Å². The van der Waals surface area contributed by atoms with Crippen molar-refractivity contribution >= 4 is 23.4 Å². The van der Waals surface area contributed by atoms with Crippen LogP contribution in [0.4, 0.5) is 19.3 Å². The van der Waals surface area contributed by atoms with E-state index in [0.29, 0.717) is 18.0 Å². The minimum absolute atomic E-state index is 0.00366. The maximum atomic E-state index is 14.4. The molecule has 3 heterocycles. The SMILES string of the molecule is O=C(OC1CN2CCC1CC2)N(Cc1ccc(Cl)c(F)c1)c1ccccc1F. The first-order valence-electron chi connectivity index (χ1n) is 9.40. The number of hydrogen-bond acceptors (Lipinski definition) is 3. The van der Waals surface area contributed by atoms with E-state index in [1.165, 1.54) is 29.2 Å². The molecule has 2 bridgehead atoms. The van der Waals surface area contributed by atoms with Gasteiger partial charge in [0.05, 0.1) is 17.3 Å². The fraction of sp³-hybridized carbons (Fsp3) is 0.381. The molecule has 0 spiro atoms. The van der Waals surface area contributed by atoms with Crippen LogP contribution in [0.2, 0.25) is 5.02 Å². The molecule has 1 atom stereocenters. The number of amides is 1. The molecular weight excluding hydrogens is 386 g/mol. The molecule has 2 aromatic carbocycles. The number of rotatable bonds is 4. The molecule has 5 rings (SSSR count). The van der Waals surface area contributed by atoms with Crippen molar-refractivity contribution < 1.29 is 18.3 Å². The van der Waals surface area contributed by atoms with Gasteiger partial charge in [0.25, 0.3) is 0 Å². The van der Waals surface area contributed by atoms with Gasteiger partial charge in [0.2, 0.25) is 0 Å². The van der Waals surface area contributed by atoms with Gasteiger partial charge in [-0.3, -0.25) is 9.80 Å². The Hall–Kier alpha value is -2.18.